The second kappa shape index (κ2) is 5.83. The number of aromatic amines is 1. The molecule has 2 aromatic rings. The SMILES string of the molecule is COC(=O)COc1cccc(-c2n[nH]nc2C(N)=O)c1. The lowest BCUT2D eigenvalue weighted by Crippen LogP contribution is -2.13. The average Bonchev–Trinajstić information content (AvgIpc) is 2.94. The number of ether oxygens (including phenoxy) is 2. The van der Waals surface area contributed by atoms with Gasteiger partial charge in [0.05, 0.1) is 7.11 Å². The monoisotopic (exact) mass is 276 g/mol. The van der Waals surface area contributed by atoms with Gasteiger partial charge in [-0.1, -0.05) is 12.1 Å². The Balaban J connectivity index is 2.23. The summed E-state index contributed by atoms with van der Waals surface area (Å²) >= 11 is 0. The summed E-state index contributed by atoms with van der Waals surface area (Å²) < 4.78 is 9.72. The maximum absolute atomic E-state index is 11.2. The van der Waals surface area contributed by atoms with E-state index in [1.807, 2.05) is 0 Å². The number of hydrogen-bond acceptors (Lipinski definition) is 6. The van der Waals surface area contributed by atoms with Gasteiger partial charge in [-0.3, -0.25) is 4.79 Å². The first kappa shape index (κ1) is 13.5. The highest BCUT2D eigenvalue weighted by molar-refractivity contribution is 5.96. The minimum absolute atomic E-state index is 0.0371. The molecular weight excluding hydrogens is 264 g/mol. The van der Waals surface area contributed by atoms with Crippen LogP contribution >= 0.6 is 0 Å². The summed E-state index contributed by atoms with van der Waals surface area (Å²) in [5.74, 6) is -0.740. The highest BCUT2D eigenvalue weighted by atomic mass is 16.6. The number of H-pyrrole nitrogens is 1. The summed E-state index contributed by atoms with van der Waals surface area (Å²) in [6.07, 6.45) is 0. The molecule has 8 nitrogen and oxygen atoms in total. The van der Waals surface area contributed by atoms with Crippen LogP contribution in [0.1, 0.15) is 10.5 Å². The fourth-order valence-corrected chi connectivity index (χ4v) is 1.54. The molecule has 0 atom stereocenters. The van der Waals surface area contributed by atoms with Crippen LogP contribution in [0.15, 0.2) is 24.3 Å². The van der Waals surface area contributed by atoms with Gasteiger partial charge in [-0.2, -0.15) is 15.4 Å². The van der Waals surface area contributed by atoms with Crippen LogP contribution in [-0.4, -0.2) is 41.0 Å². The van der Waals surface area contributed by atoms with Crippen molar-refractivity contribution in [1.82, 2.24) is 15.4 Å². The van der Waals surface area contributed by atoms with Crippen molar-refractivity contribution in [3.8, 4) is 17.0 Å². The molecule has 1 aromatic carbocycles. The van der Waals surface area contributed by atoms with Gasteiger partial charge < -0.3 is 15.2 Å². The summed E-state index contributed by atoms with van der Waals surface area (Å²) in [7, 11) is 1.27. The molecule has 0 aliphatic carbocycles. The summed E-state index contributed by atoms with van der Waals surface area (Å²) in [4.78, 5) is 22.2. The van der Waals surface area contributed by atoms with Gasteiger partial charge in [-0.25, -0.2) is 4.79 Å². The van der Waals surface area contributed by atoms with Gasteiger partial charge in [0, 0.05) is 5.56 Å². The maximum Gasteiger partial charge on any atom is 0.343 e. The Morgan fingerprint density at radius 1 is 1.35 bits per heavy atom. The fourth-order valence-electron chi connectivity index (χ4n) is 1.54. The molecule has 20 heavy (non-hydrogen) atoms. The number of carbonyl (C=O) groups excluding carboxylic acids is 2. The lowest BCUT2D eigenvalue weighted by atomic mass is 10.1. The third-order valence-electron chi connectivity index (χ3n) is 2.47. The quantitative estimate of drug-likeness (QED) is 0.748. The highest BCUT2D eigenvalue weighted by Crippen LogP contribution is 2.23. The average molecular weight is 276 g/mol. The second-order valence-corrected chi connectivity index (χ2v) is 3.78. The number of nitrogens with zero attached hydrogens (tertiary/aromatic N) is 2. The molecule has 8 heteroatoms. The molecule has 0 saturated heterocycles. The Hall–Kier alpha value is -2.90. The van der Waals surface area contributed by atoms with Crippen LogP contribution in [0.5, 0.6) is 5.75 Å². The molecule has 0 aliphatic heterocycles. The number of carbonyl (C=O) groups is 2. The number of amides is 1. The van der Waals surface area contributed by atoms with E-state index in [0.29, 0.717) is 17.0 Å². The first-order chi connectivity index (χ1) is 9.61. The molecule has 1 aromatic heterocycles. The predicted molar refractivity (Wildman–Crippen MR) is 67.8 cm³/mol. The van der Waals surface area contributed by atoms with E-state index in [9.17, 15) is 9.59 Å². The van der Waals surface area contributed by atoms with Gasteiger partial charge in [0.25, 0.3) is 5.91 Å². The van der Waals surface area contributed by atoms with Crippen molar-refractivity contribution in [2.24, 2.45) is 5.73 Å². The van der Waals surface area contributed by atoms with Crippen molar-refractivity contribution in [3.63, 3.8) is 0 Å². The molecule has 0 fully saturated rings. The Labute approximate surface area is 113 Å². The number of nitrogens with one attached hydrogen (secondary N) is 1. The summed E-state index contributed by atoms with van der Waals surface area (Å²) in [6, 6.07) is 6.69. The molecule has 1 heterocycles. The van der Waals surface area contributed by atoms with E-state index in [1.165, 1.54) is 7.11 Å². The normalized spacial score (nSPS) is 10.1. The molecule has 0 saturated carbocycles. The lowest BCUT2D eigenvalue weighted by Gasteiger charge is -2.06. The zero-order chi connectivity index (χ0) is 14.5. The summed E-state index contributed by atoms with van der Waals surface area (Å²) in [5.41, 5.74) is 6.15. The van der Waals surface area contributed by atoms with Gasteiger partial charge >= 0.3 is 5.97 Å². The van der Waals surface area contributed by atoms with E-state index in [-0.39, 0.29) is 12.3 Å². The van der Waals surface area contributed by atoms with Gasteiger partial charge in [0.15, 0.2) is 12.3 Å². The van der Waals surface area contributed by atoms with E-state index in [0.717, 1.165) is 0 Å². The largest absolute Gasteiger partial charge is 0.482 e. The van der Waals surface area contributed by atoms with Crippen molar-refractivity contribution in [3.05, 3.63) is 30.0 Å². The first-order valence-electron chi connectivity index (χ1n) is 5.62. The molecule has 1 amide bonds. The van der Waals surface area contributed by atoms with E-state index in [1.54, 1.807) is 24.3 Å². The third kappa shape index (κ3) is 2.91. The van der Waals surface area contributed by atoms with Crippen LogP contribution < -0.4 is 10.5 Å². The van der Waals surface area contributed by atoms with Crippen LogP contribution in [0.2, 0.25) is 0 Å². The van der Waals surface area contributed by atoms with Crippen molar-refractivity contribution in [1.29, 1.82) is 0 Å². The smallest absolute Gasteiger partial charge is 0.343 e. The topological polar surface area (TPSA) is 120 Å². The van der Waals surface area contributed by atoms with Crippen molar-refractivity contribution in [2.75, 3.05) is 13.7 Å². The maximum atomic E-state index is 11.2. The number of aromatic nitrogens is 3. The number of rotatable bonds is 5. The molecule has 0 radical (unpaired) electrons. The Bertz CT molecular complexity index is 638. The zero-order valence-electron chi connectivity index (χ0n) is 10.6. The van der Waals surface area contributed by atoms with Gasteiger partial charge in [0.1, 0.15) is 11.4 Å². The van der Waals surface area contributed by atoms with Crippen LogP contribution in [0.4, 0.5) is 0 Å². The third-order valence-corrected chi connectivity index (χ3v) is 2.47. The molecule has 0 aliphatic rings. The van der Waals surface area contributed by atoms with E-state index >= 15 is 0 Å². The molecule has 0 unspecified atom stereocenters. The molecule has 0 spiro atoms. The molecule has 3 N–H and O–H groups in total. The first-order valence-corrected chi connectivity index (χ1v) is 5.62. The van der Waals surface area contributed by atoms with E-state index < -0.39 is 11.9 Å². The van der Waals surface area contributed by atoms with Crippen LogP contribution in [0.3, 0.4) is 0 Å². The number of hydrogen-bond donors (Lipinski definition) is 2. The fraction of sp³-hybridized carbons (Fsp3) is 0.167. The zero-order valence-corrected chi connectivity index (χ0v) is 10.6. The standard InChI is InChI=1S/C12H12N4O4/c1-19-9(17)6-20-8-4-2-3-7(5-8)10-11(12(13)18)15-16-14-10/h2-5H,6H2,1H3,(H2,13,18)(H,14,15,16). The van der Waals surface area contributed by atoms with Gasteiger partial charge in [-0.05, 0) is 12.1 Å². The molecule has 104 valence electrons. The molecule has 0 bridgehead atoms. The highest BCUT2D eigenvalue weighted by Gasteiger charge is 2.15. The number of nitrogens with two attached hydrogens (primary N) is 1. The van der Waals surface area contributed by atoms with Crippen LogP contribution in [-0.2, 0) is 9.53 Å². The van der Waals surface area contributed by atoms with Crippen molar-refractivity contribution in [2.45, 2.75) is 0 Å². The summed E-state index contributed by atoms with van der Waals surface area (Å²) in [5, 5.41) is 9.90. The van der Waals surface area contributed by atoms with E-state index in [4.69, 9.17) is 10.5 Å². The van der Waals surface area contributed by atoms with Crippen LogP contribution in [0.25, 0.3) is 11.3 Å². The van der Waals surface area contributed by atoms with Crippen LogP contribution in [0, 0.1) is 0 Å². The predicted octanol–water partition coefficient (Wildman–Crippen LogP) is 0.122. The molecular formula is C12H12N4O4. The van der Waals surface area contributed by atoms with Crippen molar-refractivity contribution >= 4 is 11.9 Å². The minimum atomic E-state index is -0.686. The number of esters is 1. The van der Waals surface area contributed by atoms with Gasteiger partial charge in [-0.15, -0.1) is 0 Å². The van der Waals surface area contributed by atoms with Gasteiger partial charge in [0.2, 0.25) is 0 Å². The summed E-state index contributed by atoms with van der Waals surface area (Å²) in [6.45, 7) is -0.207. The molecule has 2 rings (SSSR count). The lowest BCUT2D eigenvalue weighted by molar-refractivity contribution is -0.142. The van der Waals surface area contributed by atoms with Crippen molar-refractivity contribution < 1.29 is 19.1 Å². The van der Waals surface area contributed by atoms with E-state index in [2.05, 4.69) is 20.1 Å². The second-order valence-electron chi connectivity index (χ2n) is 3.78. The number of primary amides is 1. The number of methoxy groups -OCH3 is 1. The Morgan fingerprint density at radius 2 is 2.15 bits per heavy atom. The minimum Gasteiger partial charge on any atom is -0.482 e. The number of benzene rings is 1. The Kier molecular flexibility index (Phi) is 3.94. The Morgan fingerprint density at radius 3 is 2.85 bits per heavy atom.